The Morgan fingerprint density at radius 1 is 1.10 bits per heavy atom. The van der Waals surface area contributed by atoms with Crippen LogP contribution in [0.3, 0.4) is 0 Å². The summed E-state index contributed by atoms with van der Waals surface area (Å²) in [4.78, 5) is 17.1. The zero-order valence-corrected chi connectivity index (χ0v) is 17.6. The van der Waals surface area contributed by atoms with E-state index in [0.717, 1.165) is 35.7 Å². The van der Waals surface area contributed by atoms with E-state index in [1.54, 1.807) is 13.3 Å². The Kier molecular flexibility index (Phi) is 6.70. The third kappa shape index (κ3) is 5.47. The summed E-state index contributed by atoms with van der Waals surface area (Å²) in [7, 11) is 1.65. The lowest BCUT2D eigenvalue weighted by molar-refractivity contribution is 0.0932. The van der Waals surface area contributed by atoms with E-state index in [1.807, 2.05) is 61.7 Å². The van der Waals surface area contributed by atoms with Gasteiger partial charge < -0.3 is 14.6 Å². The number of carbonyl (C=O) groups excluding carboxylic acids is 1. The first-order valence-electron chi connectivity index (χ1n) is 9.97. The van der Waals surface area contributed by atoms with Crippen LogP contribution in [0.1, 0.15) is 53.6 Å². The SMILES string of the molecule is COc1ccc([C@@H](CC(C)C)NC(=O)c2ccc(Cn3ccnc3C)cc2)cc1. The molecule has 1 aromatic heterocycles. The van der Waals surface area contributed by atoms with Crippen LogP contribution in [0.4, 0.5) is 0 Å². The number of carbonyl (C=O) groups is 1. The van der Waals surface area contributed by atoms with Crippen LogP contribution in [-0.2, 0) is 6.54 Å². The van der Waals surface area contributed by atoms with Crippen LogP contribution in [0.5, 0.6) is 5.75 Å². The molecule has 0 spiro atoms. The Bertz CT molecular complexity index is 928. The van der Waals surface area contributed by atoms with Crippen LogP contribution < -0.4 is 10.1 Å². The number of hydrogen-bond donors (Lipinski definition) is 1. The lowest BCUT2D eigenvalue weighted by Gasteiger charge is -2.21. The molecule has 0 saturated carbocycles. The van der Waals surface area contributed by atoms with Gasteiger partial charge in [-0.05, 0) is 54.7 Å². The summed E-state index contributed by atoms with van der Waals surface area (Å²) in [6.45, 7) is 7.05. The number of benzene rings is 2. The number of nitrogens with one attached hydrogen (secondary N) is 1. The lowest BCUT2D eigenvalue weighted by Crippen LogP contribution is -2.29. The molecule has 0 radical (unpaired) electrons. The molecule has 3 rings (SSSR count). The zero-order valence-electron chi connectivity index (χ0n) is 17.6. The van der Waals surface area contributed by atoms with E-state index in [0.29, 0.717) is 11.5 Å². The molecule has 0 fully saturated rings. The van der Waals surface area contributed by atoms with Gasteiger partial charge in [0.1, 0.15) is 11.6 Å². The maximum Gasteiger partial charge on any atom is 0.251 e. The van der Waals surface area contributed by atoms with Crippen molar-refractivity contribution in [1.29, 1.82) is 0 Å². The molecule has 5 nitrogen and oxygen atoms in total. The molecule has 0 aliphatic rings. The summed E-state index contributed by atoms with van der Waals surface area (Å²) in [6, 6.07) is 15.6. The number of aryl methyl sites for hydroxylation is 1. The molecule has 152 valence electrons. The van der Waals surface area contributed by atoms with E-state index in [4.69, 9.17) is 4.74 Å². The highest BCUT2D eigenvalue weighted by atomic mass is 16.5. The summed E-state index contributed by atoms with van der Waals surface area (Å²) in [5.41, 5.74) is 2.88. The fraction of sp³-hybridized carbons (Fsp3) is 0.333. The van der Waals surface area contributed by atoms with Crippen molar-refractivity contribution in [2.75, 3.05) is 7.11 Å². The van der Waals surface area contributed by atoms with Crippen molar-refractivity contribution < 1.29 is 9.53 Å². The van der Waals surface area contributed by atoms with Gasteiger partial charge >= 0.3 is 0 Å². The van der Waals surface area contributed by atoms with Crippen LogP contribution in [0.25, 0.3) is 0 Å². The van der Waals surface area contributed by atoms with Crippen LogP contribution in [0.15, 0.2) is 60.9 Å². The Morgan fingerprint density at radius 3 is 2.34 bits per heavy atom. The molecule has 3 aromatic rings. The van der Waals surface area contributed by atoms with E-state index < -0.39 is 0 Å². The van der Waals surface area contributed by atoms with Crippen molar-refractivity contribution in [3.05, 3.63) is 83.4 Å². The van der Waals surface area contributed by atoms with Crippen molar-refractivity contribution in [2.24, 2.45) is 5.92 Å². The fourth-order valence-corrected chi connectivity index (χ4v) is 3.36. The van der Waals surface area contributed by atoms with Gasteiger partial charge in [0.2, 0.25) is 0 Å². The first kappa shape index (κ1) is 20.6. The van der Waals surface area contributed by atoms with Crippen molar-refractivity contribution >= 4 is 5.91 Å². The predicted molar refractivity (Wildman–Crippen MR) is 115 cm³/mol. The molecular weight excluding hydrogens is 362 g/mol. The lowest BCUT2D eigenvalue weighted by atomic mass is 9.96. The number of rotatable bonds is 8. The van der Waals surface area contributed by atoms with Crippen molar-refractivity contribution in [3.8, 4) is 5.75 Å². The predicted octanol–water partition coefficient (Wildman–Crippen LogP) is 4.77. The van der Waals surface area contributed by atoms with E-state index in [-0.39, 0.29) is 11.9 Å². The monoisotopic (exact) mass is 391 g/mol. The second-order valence-electron chi connectivity index (χ2n) is 7.73. The minimum absolute atomic E-state index is 0.0401. The number of nitrogens with zero attached hydrogens (tertiary/aromatic N) is 2. The summed E-state index contributed by atoms with van der Waals surface area (Å²) in [5, 5.41) is 3.20. The molecular formula is C24H29N3O2. The smallest absolute Gasteiger partial charge is 0.251 e. The van der Waals surface area contributed by atoms with Gasteiger partial charge in [0.25, 0.3) is 5.91 Å². The van der Waals surface area contributed by atoms with Gasteiger partial charge in [-0.15, -0.1) is 0 Å². The number of imidazole rings is 1. The van der Waals surface area contributed by atoms with E-state index in [2.05, 4.69) is 28.7 Å². The van der Waals surface area contributed by atoms with Gasteiger partial charge in [0, 0.05) is 24.5 Å². The Morgan fingerprint density at radius 2 is 1.79 bits per heavy atom. The number of hydrogen-bond acceptors (Lipinski definition) is 3. The largest absolute Gasteiger partial charge is 0.497 e. The highest BCUT2D eigenvalue weighted by Crippen LogP contribution is 2.24. The molecule has 1 N–H and O–H groups in total. The third-order valence-electron chi connectivity index (χ3n) is 5.02. The molecule has 1 heterocycles. The molecule has 0 aliphatic carbocycles. The quantitative estimate of drug-likeness (QED) is 0.602. The second kappa shape index (κ2) is 9.41. The van der Waals surface area contributed by atoms with Crippen LogP contribution in [-0.4, -0.2) is 22.6 Å². The minimum Gasteiger partial charge on any atom is -0.497 e. The molecule has 0 saturated heterocycles. The average Bonchev–Trinajstić information content (AvgIpc) is 3.12. The minimum atomic E-state index is -0.0585. The summed E-state index contributed by atoms with van der Waals surface area (Å²) in [5.74, 6) is 2.19. The van der Waals surface area contributed by atoms with Crippen LogP contribution in [0.2, 0.25) is 0 Å². The van der Waals surface area contributed by atoms with Gasteiger partial charge in [-0.25, -0.2) is 4.98 Å². The summed E-state index contributed by atoms with van der Waals surface area (Å²) >= 11 is 0. The van der Waals surface area contributed by atoms with Gasteiger partial charge in [0.05, 0.1) is 13.2 Å². The highest BCUT2D eigenvalue weighted by Gasteiger charge is 2.17. The topological polar surface area (TPSA) is 56.1 Å². The Balaban J connectivity index is 1.70. The first-order valence-corrected chi connectivity index (χ1v) is 9.97. The van der Waals surface area contributed by atoms with E-state index in [9.17, 15) is 4.79 Å². The maximum atomic E-state index is 12.9. The molecule has 0 bridgehead atoms. The maximum absolute atomic E-state index is 12.9. The number of amides is 1. The summed E-state index contributed by atoms with van der Waals surface area (Å²) < 4.78 is 7.32. The van der Waals surface area contributed by atoms with E-state index in [1.165, 1.54) is 0 Å². The molecule has 0 aliphatic heterocycles. The Hall–Kier alpha value is -3.08. The molecule has 29 heavy (non-hydrogen) atoms. The number of methoxy groups -OCH3 is 1. The van der Waals surface area contributed by atoms with Gasteiger partial charge in [-0.2, -0.15) is 0 Å². The van der Waals surface area contributed by atoms with Crippen LogP contribution in [0, 0.1) is 12.8 Å². The van der Waals surface area contributed by atoms with Gasteiger partial charge in [-0.3, -0.25) is 4.79 Å². The summed E-state index contributed by atoms with van der Waals surface area (Å²) in [6.07, 6.45) is 4.63. The number of aromatic nitrogens is 2. The normalized spacial score (nSPS) is 12.0. The van der Waals surface area contributed by atoms with Crippen molar-refractivity contribution in [3.63, 3.8) is 0 Å². The first-order chi connectivity index (χ1) is 14.0. The molecule has 2 aromatic carbocycles. The average molecular weight is 392 g/mol. The zero-order chi connectivity index (χ0) is 20.8. The van der Waals surface area contributed by atoms with Crippen LogP contribution >= 0.6 is 0 Å². The van der Waals surface area contributed by atoms with Crippen molar-refractivity contribution in [2.45, 2.75) is 39.8 Å². The molecule has 0 unspecified atom stereocenters. The molecule has 1 atom stereocenters. The third-order valence-corrected chi connectivity index (χ3v) is 5.02. The van der Waals surface area contributed by atoms with Gasteiger partial charge in [-0.1, -0.05) is 38.1 Å². The highest BCUT2D eigenvalue weighted by molar-refractivity contribution is 5.94. The molecule has 1 amide bonds. The number of ether oxygens (including phenoxy) is 1. The fourth-order valence-electron chi connectivity index (χ4n) is 3.36. The van der Waals surface area contributed by atoms with Gasteiger partial charge in [0.15, 0.2) is 0 Å². The Labute approximate surface area is 172 Å². The standard InChI is InChI=1S/C24H29N3O2/c1-17(2)15-23(20-9-11-22(29-4)12-10-20)26-24(28)21-7-5-19(6-8-21)16-27-14-13-25-18(27)3/h5-14,17,23H,15-16H2,1-4H3,(H,26,28)/t23-/m1/s1. The van der Waals surface area contributed by atoms with E-state index >= 15 is 0 Å². The van der Waals surface area contributed by atoms with Crippen molar-refractivity contribution in [1.82, 2.24) is 14.9 Å². The molecule has 5 heteroatoms. The second-order valence-corrected chi connectivity index (χ2v) is 7.73.